The Kier molecular flexibility index (Phi) is 2.58. The van der Waals surface area contributed by atoms with Gasteiger partial charge in [-0.1, -0.05) is 36.4 Å². The third-order valence-electron chi connectivity index (χ3n) is 3.01. The second-order valence-electron chi connectivity index (χ2n) is 3.91. The van der Waals surface area contributed by atoms with Crippen LogP contribution in [0.15, 0.2) is 42.1 Å². The van der Waals surface area contributed by atoms with Crippen molar-refractivity contribution in [3.63, 3.8) is 0 Å². The molecule has 1 aliphatic rings. The van der Waals surface area contributed by atoms with Gasteiger partial charge in [-0.2, -0.15) is 0 Å². The molecule has 0 radical (unpaired) electrons. The van der Waals surface area contributed by atoms with E-state index in [1.54, 1.807) is 0 Å². The van der Waals surface area contributed by atoms with Crippen LogP contribution in [0.5, 0.6) is 0 Å². The zero-order valence-corrected chi connectivity index (χ0v) is 8.90. The summed E-state index contributed by atoms with van der Waals surface area (Å²) in [5.41, 5.74) is 2.82. The van der Waals surface area contributed by atoms with Crippen molar-refractivity contribution in [1.82, 2.24) is 4.90 Å². The second kappa shape index (κ2) is 3.87. The quantitative estimate of drug-likeness (QED) is 0.686. The van der Waals surface area contributed by atoms with Crippen molar-refractivity contribution in [3.8, 4) is 0 Å². The maximum atomic E-state index is 2.47. The van der Waals surface area contributed by atoms with Gasteiger partial charge in [-0.3, -0.25) is 0 Å². The van der Waals surface area contributed by atoms with E-state index in [1.807, 2.05) is 0 Å². The van der Waals surface area contributed by atoms with Gasteiger partial charge in [0.05, 0.1) is 6.04 Å². The molecule has 0 aromatic heterocycles. The second-order valence-corrected chi connectivity index (χ2v) is 3.91. The van der Waals surface area contributed by atoms with Crippen LogP contribution in [-0.2, 0) is 0 Å². The van der Waals surface area contributed by atoms with E-state index in [0.717, 1.165) is 0 Å². The highest BCUT2D eigenvalue weighted by molar-refractivity contribution is 5.21. The number of rotatable bonds is 2. The van der Waals surface area contributed by atoms with Gasteiger partial charge < -0.3 is 4.90 Å². The van der Waals surface area contributed by atoms with Crippen molar-refractivity contribution < 1.29 is 0 Å². The molecule has 0 saturated heterocycles. The number of hydrogen-bond acceptors (Lipinski definition) is 1. The molecule has 1 heterocycles. The van der Waals surface area contributed by atoms with E-state index in [-0.39, 0.29) is 0 Å². The summed E-state index contributed by atoms with van der Waals surface area (Å²) >= 11 is 0. The van der Waals surface area contributed by atoms with E-state index in [1.165, 1.54) is 24.2 Å². The summed E-state index contributed by atoms with van der Waals surface area (Å²) in [6.07, 6.45) is 3.52. The maximum absolute atomic E-state index is 2.47. The third-order valence-corrected chi connectivity index (χ3v) is 3.01. The Bertz CT molecular complexity index is 326. The Balaban J connectivity index is 2.16. The molecule has 0 fully saturated rings. The smallest absolute Gasteiger partial charge is 0.0511 e. The van der Waals surface area contributed by atoms with E-state index >= 15 is 0 Å². The molecule has 0 unspecified atom stereocenters. The maximum Gasteiger partial charge on any atom is 0.0511 e. The minimum absolute atomic E-state index is 0.509. The SMILES string of the molecule is CC1=CCCN1[C@@H](C)c1ccccc1. The molecule has 0 spiro atoms. The molecule has 14 heavy (non-hydrogen) atoms. The van der Waals surface area contributed by atoms with Gasteiger partial charge >= 0.3 is 0 Å². The fraction of sp³-hybridized carbons (Fsp3) is 0.385. The number of hydrogen-bond donors (Lipinski definition) is 0. The highest BCUT2D eigenvalue weighted by atomic mass is 15.2. The number of nitrogens with zero attached hydrogens (tertiary/aromatic N) is 1. The van der Waals surface area contributed by atoms with Crippen molar-refractivity contribution in [2.24, 2.45) is 0 Å². The van der Waals surface area contributed by atoms with Gasteiger partial charge in [-0.05, 0) is 25.8 Å². The van der Waals surface area contributed by atoms with Crippen LogP contribution in [0.25, 0.3) is 0 Å². The molecule has 1 heteroatoms. The average Bonchev–Trinajstić information content (AvgIpc) is 2.65. The first-order chi connectivity index (χ1) is 6.79. The molecular weight excluding hydrogens is 170 g/mol. The van der Waals surface area contributed by atoms with Crippen LogP contribution < -0.4 is 0 Å². The standard InChI is InChI=1S/C13H17N/c1-11-7-6-10-14(11)12(2)13-8-4-3-5-9-13/h3-5,7-9,12H,6,10H2,1-2H3/t12-/m0/s1. The Morgan fingerprint density at radius 3 is 2.50 bits per heavy atom. The predicted octanol–water partition coefficient (Wildman–Crippen LogP) is 3.36. The van der Waals surface area contributed by atoms with Gasteiger partial charge in [0.1, 0.15) is 0 Å². The Morgan fingerprint density at radius 1 is 1.21 bits per heavy atom. The molecule has 2 rings (SSSR count). The summed E-state index contributed by atoms with van der Waals surface area (Å²) in [6.45, 7) is 5.65. The lowest BCUT2D eigenvalue weighted by molar-refractivity contribution is 0.297. The minimum Gasteiger partial charge on any atom is -0.368 e. The van der Waals surface area contributed by atoms with Crippen molar-refractivity contribution in [1.29, 1.82) is 0 Å². The molecular formula is C13H17N. The largest absolute Gasteiger partial charge is 0.368 e. The van der Waals surface area contributed by atoms with Crippen LogP contribution >= 0.6 is 0 Å². The highest BCUT2D eigenvalue weighted by Gasteiger charge is 2.18. The molecule has 74 valence electrons. The van der Waals surface area contributed by atoms with Crippen LogP contribution in [0.1, 0.15) is 31.9 Å². The van der Waals surface area contributed by atoms with E-state index < -0.39 is 0 Å². The normalized spacial score (nSPS) is 18.1. The zero-order valence-electron chi connectivity index (χ0n) is 8.90. The van der Waals surface area contributed by atoms with Crippen molar-refractivity contribution >= 4 is 0 Å². The molecule has 0 N–H and O–H groups in total. The topological polar surface area (TPSA) is 3.24 Å². The van der Waals surface area contributed by atoms with Crippen molar-refractivity contribution in [2.45, 2.75) is 26.3 Å². The van der Waals surface area contributed by atoms with Crippen LogP contribution in [-0.4, -0.2) is 11.4 Å². The van der Waals surface area contributed by atoms with Crippen LogP contribution in [0.3, 0.4) is 0 Å². The van der Waals surface area contributed by atoms with E-state index in [0.29, 0.717) is 6.04 Å². The Hall–Kier alpha value is -1.24. The molecule has 1 nitrogen and oxygen atoms in total. The van der Waals surface area contributed by atoms with Crippen LogP contribution in [0, 0.1) is 0 Å². The summed E-state index contributed by atoms with van der Waals surface area (Å²) in [4.78, 5) is 2.47. The van der Waals surface area contributed by atoms with E-state index in [4.69, 9.17) is 0 Å². The van der Waals surface area contributed by atoms with Gasteiger partial charge in [0.2, 0.25) is 0 Å². The first kappa shape index (κ1) is 9.32. The average molecular weight is 187 g/mol. The molecule has 1 aromatic carbocycles. The zero-order chi connectivity index (χ0) is 9.97. The highest BCUT2D eigenvalue weighted by Crippen LogP contribution is 2.27. The van der Waals surface area contributed by atoms with Crippen molar-refractivity contribution in [3.05, 3.63) is 47.7 Å². The lowest BCUT2D eigenvalue weighted by Crippen LogP contribution is -2.22. The predicted molar refractivity (Wildman–Crippen MR) is 59.9 cm³/mol. The molecule has 0 saturated carbocycles. The molecule has 0 bridgehead atoms. The molecule has 1 aliphatic heterocycles. The minimum atomic E-state index is 0.509. The van der Waals surface area contributed by atoms with Gasteiger partial charge in [-0.25, -0.2) is 0 Å². The van der Waals surface area contributed by atoms with Gasteiger partial charge in [0.15, 0.2) is 0 Å². The summed E-state index contributed by atoms with van der Waals surface area (Å²) in [5, 5.41) is 0. The number of benzene rings is 1. The van der Waals surface area contributed by atoms with Crippen LogP contribution in [0.4, 0.5) is 0 Å². The summed E-state index contributed by atoms with van der Waals surface area (Å²) in [5.74, 6) is 0. The third kappa shape index (κ3) is 1.67. The monoisotopic (exact) mass is 187 g/mol. The number of allylic oxidation sites excluding steroid dienone is 1. The van der Waals surface area contributed by atoms with Crippen molar-refractivity contribution in [2.75, 3.05) is 6.54 Å². The lowest BCUT2D eigenvalue weighted by Gasteiger charge is -2.28. The van der Waals surface area contributed by atoms with Gasteiger partial charge in [-0.15, -0.1) is 0 Å². The first-order valence-electron chi connectivity index (χ1n) is 5.27. The summed E-state index contributed by atoms with van der Waals surface area (Å²) in [6, 6.07) is 11.2. The van der Waals surface area contributed by atoms with Crippen LogP contribution in [0.2, 0.25) is 0 Å². The first-order valence-corrected chi connectivity index (χ1v) is 5.27. The van der Waals surface area contributed by atoms with E-state index in [9.17, 15) is 0 Å². The summed E-state index contributed by atoms with van der Waals surface area (Å²) in [7, 11) is 0. The fourth-order valence-corrected chi connectivity index (χ4v) is 2.12. The fourth-order valence-electron chi connectivity index (χ4n) is 2.12. The van der Waals surface area contributed by atoms with E-state index in [2.05, 4.69) is 55.2 Å². The Labute approximate surface area is 86.1 Å². The van der Waals surface area contributed by atoms with Gasteiger partial charge in [0, 0.05) is 12.2 Å². The van der Waals surface area contributed by atoms with Gasteiger partial charge in [0.25, 0.3) is 0 Å². The molecule has 0 amide bonds. The molecule has 1 aromatic rings. The summed E-state index contributed by atoms with van der Waals surface area (Å²) < 4.78 is 0. The molecule has 1 atom stereocenters. The Morgan fingerprint density at radius 2 is 1.93 bits per heavy atom. The molecule has 0 aliphatic carbocycles. The lowest BCUT2D eigenvalue weighted by atomic mass is 10.1.